The molecule has 3 amide bonds. The SMILES string of the molecule is CN1CC(CNC(=O)NC2CCCCC2)OC1=O. The maximum Gasteiger partial charge on any atom is 0.410 e. The van der Waals surface area contributed by atoms with E-state index in [9.17, 15) is 9.59 Å². The minimum atomic E-state index is -0.325. The van der Waals surface area contributed by atoms with Crippen LogP contribution in [0.4, 0.5) is 9.59 Å². The molecule has 1 aliphatic carbocycles. The van der Waals surface area contributed by atoms with Gasteiger partial charge >= 0.3 is 12.1 Å². The molecule has 1 atom stereocenters. The summed E-state index contributed by atoms with van der Waals surface area (Å²) in [4.78, 5) is 24.3. The minimum Gasteiger partial charge on any atom is -0.442 e. The van der Waals surface area contributed by atoms with Gasteiger partial charge in [0.1, 0.15) is 6.10 Å². The van der Waals surface area contributed by atoms with Crippen LogP contribution in [-0.4, -0.2) is 49.3 Å². The van der Waals surface area contributed by atoms with Crippen molar-refractivity contribution in [1.82, 2.24) is 15.5 Å². The molecule has 1 unspecified atom stereocenters. The molecule has 0 aromatic carbocycles. The molecule has 2 rings (SSSR count). The first-order chi connectivity index (χ1) is 8.65. The maximum absolute atomic E-state index is 11.7. The molecule has 0 bridgehead atoms. The van der Waals surface area contributed by atoms with E-state index in [0.717, 1.165) is 12.8 Å². The Morgan fingerprint density at radius 3 is 2.72 bits per heavy atom. The summed E-state index contributed by atoms with van der Waals surface area (Å²) in [6.45, 7) is 0.900. The Kier molecular flexibility index (Phi) is 4.28. The number of hydrogen-bond donors (Lipinski definition) is 2. The van der Waals surface area contributed by atoms with Gasteiger partial charge < -0.3 is 20.3 Å². The second-order valence-electron chi connectivity index (χ2n) is 5.08. The average Bonchev–Trinajstić information content (AvgIpc) is 2.68. The molecule has 1 saturated carbocycles. The highest BCUT2D eigenvalue weighted by molar-refractivity contribution is 5.74. The van der Waals surface area contributed by atoms with E-state index in [-0.39, 0.29) is 18.2 Å². The van der Waals surface area contributed by atoms with Crippen LogP contribution in [0.15, 0.2) is 0 Å². The molecule has 2 fully saturated rings. The highest BCUT2D eigenvalue weighted by Gasteiger charge is 2.28. The van der Waals surface area contributed by atoms with Crippen LogP contribution in [0.2, 0.25) is 0 Å². The Labute approximate surface area is 107 Å². The zero-order valence-electron chi connectivity index (χ0n) is 10.8. The first kappa shape index (κ1) is 13.0. The average molecular weight is 255 g/mol. The zero-order valence-corrected chi connectivity index (χ0v) is 10.8. The lowest BCUT2D eigenvalue weighted by Crippen LogP contribution is -2.45. The van der Waals surface area contributed by atoms with E-state index < -0.39 is 0 Å². The normalized spacial score (nSPS) is 24.8. The lowest BCUT2D eigenvalue weighted by Gasteiger charge is -2.23. The molecule has 1 heterocycles. The van der Waals surface area contributed by atoms with Crippen molar-refractivity contribution in [2.75, 3.05) is 20.1 Å². The number of nitrogens with zero attached hydrogens (tertiary/aromatic N) is 1. The van der Waals surface area contributed by atoms with Crippen molar-refractivity contribution >= 4 is 12.1 Å². The van der Waals surface area contributed by atoms with Gasteiger partial charge in [0, 0.05) is 13.1 Å². The third-order valence-electron chi connectivity index (χ3n) is 3.49. The van der Waals surface area contributed by atoms with Gasteiger partial charge in [0.15, 0.2) is 0 Å². The number of urea groups is 1. The van der Waals surface area contributed by atoms with Gasteiger partial charge in [-0.3, -0.25) is 0 Å². The van der Waals surface area contributed by atoms with Gasteiger partial charge in [0.25, 0.3) is 0 Å². The van der Waals surface area contributed by atoms with Gasteiger partial charge in [-0.2, -0.15) is 0 Å². The molecule has 6 heteroatoms. The number of amides is 3. The number of rotatable bonds is 3. The van der Waals surface area contributed by atoms with Gasteiger partial charge in [-0.25, -0.2) is 9.59 Å². The zero-order chi connectivity index (χ0) is 13.0. The monoisotopic (exact) mass is 255 g/mol. The molecule has 2 aliphatic rings. The van der Waals surface area contributed by atoms with Gasteiger partial charge in [-0.05, 0) is 12.8 Å². The lowest BCUT2D eigenvalue weighted by atomic mass is 9.96. The summed E-state index contributed by atoms with van der Waals surface area (Å²) in [6, 6.07) is 0.139. The van der Waals surface area contributed by atoms with E-state index in [1.54, 1.807) is 7.05 Å². The molecule has 2 N–H and O–H groups in total. The van der Waals surface area contributed by atoms with E-state index in [1.807, 2.05) is 0 Å². The molecule has 0 spiro atoms. The smallest absolute Gasteiger partial charge is 0.410 e. The van der Waals surface area contributed by atoms with Gasteiger partial charge in [-0.15, -0.1) is 0 Å². The second kappa shape index (κ2) is 5.93. The molecule has 1 saturated heterocycles. The van der Waals surface area contributed by atoms with E-state index in [0.29, 0.717) is 19.1 Å². The third-order valence-corrected chi connectivity index (χ3v) is 3.49. The fourth-order valence-corrected chi connectivity index (χ4v) is 2.45. The van der Waals surface area contributed by atoms with Crippen molar-refractivity contribution in [1.29, 1.82) is 0 Å². The molecule has 0 radical (unpaired) electrons. The van der Waals surface area contributed by atoms with Crippen molar-refractivity contribution in [2.45, 2.75) is 44.2 Å². The Morgan fingerprint density at radius 1 is 1.39 bits per heavy atom. The largest absolute Gasteiger partial charge is 0.442 e. The second-order valence-corrected chi connectivity index (χ2v) is 5.08. The topological polar surface area (TPSA) is 70.7 Å². The van der Waals surface area contributed by atoms with Crippen molar-refractivity contribution in [3.05, 3.63) is 0 Å². The number of nitrogens with one attached hydrogen (secondary N) is 2. The Balaban J connectivity index is 1.64. The van der Waals surface area contributed by atoms with Crippen LogP contribution < -0.4 is 10.6 Å². The summed E-state index contributed by atoms with van der Waals surface area (Å²) in [5, 5.41) is 5.72. The standard InChI is InChI=1S/C12H21N3O3/c1-15-8-10(18-12(15)17)7-13-11(16)14-9-5-3-2-4-6-9/h9-10H,2-8H2,1H3,(H2,13,14,16). The van der Waals surface area contributed by atoms with Crippen molar-refractivity contribution in [3.8, 4) is 0 Å². The van der Waals surface area contributed by atoms with Crippen LogP contribution >= 0.6 is 0 Å². The predicted octanol–water partition coefficient (Wildman–Crippen LogP) is 1.07. The van der Waals surface area contributed by atoms with Gasteiger partial charge in [0.2, 0.25) is 0 Å². The summed E-state index contributed by atoms with van der Waals surface area (Å²) in [5.41, 5.74) is 0. The molecular formula is C12H21N3O3. The van der Waals surface area contributed by atoms with Crippen molar-refractivity contribution in [3.63, 3.8) is 0 Å². The number of ether oxygens (including phenoxy) is 1. The molecule has 0 aromatic heterocycles. The quantitative estimate of drug-likeness (QED) is 0.792. The van der Waals surface area contributed by atoms with Crippen LogP contribution in [0.3, 0.4) is 0 Å². The van der Waals surface area contributed by atoms with E-state index in [1.165, 1.54) is 24.2 Å². The van der Waals surface area contributed by atoms with Crippen LogP contribution in [0.1, 0.15) is 32.1 Å². The van der Waals surface area contributed by atoms with E-state index in [4.69, 9.17) is 4.74 Å². The summed E-state index contributed by atoms with van der Waals surface area (Å²) in [5.74, 6) is 0. The predicted molar refractivity (Wildman–Crippen MR) is 66.3 cm³/mol. The highest BCUT2D eigenvalue weighted by Crippen LogP contribution is 2.17. The molecular weight excluding hydrogens is 234 g/mol. The minimum absolute atomic E-state index is 0.160. The third kappa shape index (κ3) is 3.51. The fourth-order valence-electron chi connectivity index (χ4n) is 2.45. The summed E-state index contributed by atoms with van der Waals surface area (Å²) in [6.07, 6.45) is 5.22. The van der Waals surface area contributed by atoms with E-state index >= 15 is 0 Å². The van der Waals surface area contributed by atoms with Gasteiger partial charge in [-0.1, -0.05) is 19.3 Å². The number of carbonyl (C=O) groups is 2. The summed E-state index contributed by atoms with van der Waals surface area (Å²) in [7, 11) is 1.68. The highest BCUT2D eigenvalue weighted by atomic mass is 16.6. The van der Waals surface area contributed by atoms with E-state index in [2.05, 4.69) is 10.6 Å². The fraction of sp³-hybridized carbons (Fsp3) is 0.833. The Bertz CT molecular complexity index is 316. The summed E-state index contributed by atoms with van der Waals surface area (Å²) >= 11 is 0. The number of likely N-dealkylation sites (N-methyl/N-ethyl adjacent to an activating group) is 1. The van der Waals surface area contributed by atoms with Crippen molar-refractivity contribution < 1.29 is 14.3 Å². The van der Waals surface area contributed by atoms with Crippen LogP contribution in [-0.2, 0) is 4.74 Å². The molecule has 0 aromatic rings. The lowest BCUT2D eigenvalue weighted by molar-refractivity contribution is 0.133. The Hall–Kier alpha value is -1.46. The first-order valence-electron chi connectivity index (χ1n) is 6.61. The van der Waals surface area contributed by atoms with Crippen LogP contribution in [0, 0.1) is 0 Å². The van der Waals surface area contributed by atoms with Gasteiger partial charge in [0.05, 0.1) is 13.1 Å². The first-order valence-corrected chi connectivity index (χ1v) is 6.61. The molecule has 18 heavy (non-hydrogen) atoms. The number of carbonyl (C=O) groups excluding carboxylic acids is 2. The number of hydrogen-bond acceptors (Lipinski definition) is 3. The summed E-state index contributed by atoms with van der Waals surface area (Å²) < 4.78 is 5.06. The Morgan fingerprint density at radius 2 is 2.11 bits per heavy atom. The van der Waals surface area contributed by atoms with Crippen LogP contribution in [0.5, 0.6) is 0 Å². The molecule has 6 nitrogen and oxygen atoms in total. The maximum atomic E-state index is 11.7. The number of cyclic esters (lactones) is 1. The molecule has 1 aliphatic heterocycles. The molecule has 102 valence electrons. The van der Waals surface area contributed by atoms with Crippen LogP contribution in [0.25, 0.3) is 0 Å². The van der Waals surface area contributed by atoms with Crippen molar-refractivity contribution in [2.24, 2.45) is 0 Å².